The summed E-state index contributed by atoms with van der Waals surface area (Å²) in [7, 11) is 3.94. The van der Waals surface area contributed by atoms with Crippen molar-refractivity contribution in [2.24, 2.45) is 0 Å². The zero-order chi connectivity index (χ0) is 26.2. The van der Waals surface area contributed by atoms with Gasteiger partial charge in [-0.2, -0.15) is 5.10 Å². The molecule has 8 nitrogen and oxygen atoms in total. The second kappa shape index (κ2) is 9.60. The van der Waals surface area contributed by atoms with E-state index in [2.05, 4.69) is 31.2 Å². The number of H-pyrrole nitrogens is 2. The van der Waals surface area contributed by atoms with E-state index in [0.717, 1.165) is 50.9 Å². The number of aromatic nitrogens is 5. The van der Waals surface area contributed by atoms with Crippen LogP contribution in [0.2, 0.25) is 0 Å². The Kier molecular flexibility index (Phi) is 5.97. The van der Waals surface area contributed by atoms with Gasteiger partial charge in [-0.05, 0) is 73.3 Å². The Morgan fingerprint density at radius 1 is 0.947 bits per heavy atom. The topological polar surface area (TPSA) is 109 Å². The first kappa shape index (κ1) is 23.6. The van der Waals surface area contributed by atoms with Gasteiger partial charge in [0.05, 0.1) is 16.9 Å². The number of ether oxygens (including phenoxy) is 1. The van der Waals surface area contributed by atoms with Crippen molar-refractivity contribution in [3.63, 3.8) is 0 Å². The molecule has 0 bridgehead atoms. The first-order valence-corrected chi connectivity index (χ1v) is 12.2. The standard InChI is InChI=1S/C29H26FN7O/c1-37(2)7-8-38-22-11-18(9-20(30)13-22)23-5-6-33-29-24(23)14-27(34-29)28-25-12-17(3-4-26(25)35-36-28)19-10-21(31)16-32-15-19/h3-6,9-16H,7-8,31H2,1-2H3,(H,33,34)(H,35,36). The Balaban J connectivity index is 1.40. The zero-order valence-corrected chi connectivity index (χ0v) is 21.0. The predicted molar refractivity (Wildman–Crippen MR) is 148 cm³/mol. The minimum Gasteiger partial charge on any atom is -0.492 e. The van der Waals surface area contributed by atoms with E-state index in [9.17, 15) is 4.39 Å². The molecule has 0 unspecified atom stereocenters. The van der Waals surface area contributed by atoms with Gasteiger partial charge in [0.15, 0.2) is 0 Å². The lowest BCUT2D eigenvalue weighted by Gasteiger charge is -2.12. The normalized spacial score (nSPS) is 11.6. The molecule has 0 spiro atoms. The van der Waals surface area contributed by atoms with Crippen LogP contribution < -0.4 is 10.5 Å². The Labute approximate surface area is 218 Å². The van der Waals surface area contributed by atoms with Crippen molar-refractivity contribution in [3.05, 3.63) is 79.0 Å². The number of nitrogens with zero attached hydrogens (tertiary/aromatic N) is 4. The number of benzene rings is 2. The monoisotopic (exact) mass is 507 g/mol. The second-order valence-corrected chi connectivity index (χ2v) is 9.47. The van der Waals surface area contributed by atoms with Crippen LogP contribution >= 0.6 is 0 Å². The third-order valence-electron chi connectivity index (χ3n) is 6.43. The summed E-state index contributed by atoms with van der Waals surface area (Å²) in [6.07, 6.45) is 5.12. The molecule has 38 heavy (non-hydrogen) atoms. The first-order chi connectivity index (χ1) is 18.4. The molecule has 4 N–H and O–H groups in total. The van der Waals surface area contributed by atoms with Gasteiger partial charge in [0.2, 0.25) is 0 Å². The third kappa shape index (κ3) is 4.55. The van der Waals surface area contributed by atoms with Gasteiger partial charge in [0, 0.05) is 47.5 Å². The third-order valence-corrected chi connectivity index (χ3v) is 6.43. The highest BCUT2D eigenvalue weighted by atomic mass is 19.1. The van der Waals surface area contributed by atoms with Crippen LogP contribution in [0, 0.1) is 5.82 Å². The summed E-state index contributed by atoms with van der Waals surface area (Å²) in [5.41, 5.74) is 13.2. The average Bonchev–Trinajstić information content (AvgIpc) is 3.51. The van der Waals surface area contributed by atoms with E-state index in [4.69, 9.17) is 10.5 Å². The molecule has 2 aromatic carbocycles. The molecule has 190 valence electrons. The van der Waals surface area contributed by atoms with Gasteiger partial charge >= 0.3 is 0 Å². The van der Waals surface area contributed by atoms with E-state index in [-0.39, 0.29) is 5.82 Å². The van der Waals surface area contributed by atoms with E-state index in [1.165, 1.54) is 12.1 Å². The van der Waals surface area contributed by atoms with E-state index >= 15 is 0 Å². The summed E-state index contributed by atoms with van der Waals surface area (Å²) in [6, 6.07) is 16.6. The molecule has 9 heteroatoms. The largest absolute Gasteiger partial charge is 0.492 e. The molecule has 0 fully saturated rings. The van der Waals surface area contributed by atoms with Crippen molar-refractivity contribution < 1.29 is 9.13 Å². The number of aromatic amines is 2. The van der Waals surface area contributed by atoms with Crippen LogP contribution in [0.4, 0.5) is 10.1 Å². The fourth-order valence-corrected chi connectivity index (χ4v) is 4.57. The highest BCUT2D eigenvalue weighted by Gasteiger charge is 2.16. The van der Waals surface area contributed by atoms with E-state index in [1.807, 2.05) is 55.4 Å². The molecule has 4 heterocycles. The predicted octanol–water partition coefficient (Wildman–Crippen LogP) is 5.50. The van der Waals surface area contributed by atoms with Crippen LogP contribution in [-0.4, -0.2) is 57.3 Å². The van der Waals surface area contributed by atoms with Crippen LogP contribution in [0.15, 0.2) is 73.2 Å². The van der Waals surface area contributed by atoms with Crippen molar-refractivity contribution in [2.45, 2.75) is 0 Å². The highest BCUT2D eigenvalue weighted by molar-refractivity contribution is 6.00. The fraction of sp³-hybridized carbons (Fsp3) is 0.138. The van der Waals surface area contributed by atoms with E-state index < -0.39 is 0 Å². The molecule has 0 saturated heterocycles. The number of pyridine rings is 2. The van der Waals surface area contributed by atoms with Gasteiger partial charge in [0.1, 0.15) is 29.5 Å². The maximum Gasteiger partial charge on any atom is 0.138 e. The molecule has 6 aromatic rings. The lowest BCUT2D eigenvalue weighted by atomic mass is 10.0. The molecular formula is C29H26FN7O. The van der Waals surface area contributed by atoms with Gasteiger partial charge in [-0.25, -0.2) is 9.37 Å². The first-order valence-electron chi connectivity index (χ1n) is 12.2. The molecule has 0 radical (unpaired) electrons. The number of fused-ring (bicyclic) bond motifs is 2. The van der Waals surface area contributed by atoms with Gasteiger partial charge in [-0.3, -0.25) is 10.1 Å². The molecule has 0 aliphatic rings. The number of nitrogens with one attached hydrogen (secondary N) is 2. The molecular weight excluding hydrogens is 481 g/mol. The summed E-state index contributed by atoms with van der Waals surface area (Å²) in [6.45, 7) is 1.20. The van der Waals surface area contributed by atoms with Crippen LogP contribution in [0.5, 0.6) is 5.75 Å². The number of hydrogen-bond acceptors (Lipinski definition) is 6. The molecule has 0 saturated carbocycles. The lowest BCUT2D eigenvalue weighted by Crippen LogP contribution is -2.19. The van der Waals surface area contributed by atoms with Crippen molar-refractivity contribution in [2.75, 3.05) is 33.0 Å². The molecule has 0 aliphatic heterocycles. The Morgan fingerprint density at radius 3 is 2.68 bits per heavy atom. The van der Waals surface area contributed by atoms with E-state index in [1.54, 1.807) is 18.6 Å². The molecule has 0 amide bonds. The summed E-state index contributed by atoms with van der Waals surface area (Å²) < 4.78 is 20.4. The number of hydrogen-bond donors (Lipinski definition) is 3. The summed E-state index contributed by atoms with van der Waals surface area (Å²) >= 11 is 0. The Morgan fingerprint density at radius 2 is 1.84 bits per heavy atom. The van der Waals surface area contributed by atoms with Crippen LogP contribution in [0.25, 0.3) is 55.6 Å². The average molecular weight is 508 g/mol. The fourth-order valence-electron chi connectivity index (χ4n) is 4.57. The minimum absolute atomic E-state index is 0.357. The summed E-state index contributed by atoms with van der Waals surface area (Å²) in [5.74, 6) is 0.134. The maximum absolute atomic E-state index is 14.6. The van der Waals surface area contributed by atoms with E-state index in [0.29, 0.717) is 29.3 Å². The molecule has 6 rings (SSSR count). The number of halogens is 1. The number of nitrogen functional groups attached to an aromatic ring is 1. The zero-order valence-electron chi connectivity index (χ0n) is 21.0. The number of nitrogens with two attached hydrogens (primary N) is 1. The van der Waals surface area contributed by atoms with Gasteiger partial charge in [-0.1, -0.05) is 6.07 Å². The maximum atomic E-state index is 14.6. The number of anilines is 1. The quantitative estimate of drug-likeness (QED) is 0.263. The minimum atomic E-state index is -0.357. The van der Waals surface area contributed by atoms with Crippen LogP contribution in [0.3, 0.4) is 0 Å². The second-order valence-electron chi connectivity index (χ2n) is 9.47. The van der Waals surface area contributed by atoms with Crippen molar-refractivity contribution >= 4 is 27.6 Å². The van der Waals surface area contributed by atoms with Gasteiger partial charge in [0.25, 0.3) is 0 Å². The molecule has 0 atom stereocenters. The van der Waals surface area contributed by atoms with Crippen LogP contribution in [0.1, 0.15) is 0 Å². The van der Waals surface area contributed by atoms with Crippen LogP contribution in [-0.2, 0) is 0 Å². The van der Waals surface area contributed by atoms with Crippen molar-refractivity contribution in [3.8, 4) is 39.4 Å². The summed E-state index contributed by atoms with van der Waals surface area (Å²) in [4.78, 5) is 14.1. The molecule has 0 aliphatic carbocycles. The Bertz CT molecular complexity index is 1770. The lowest BCUT2D eigenvalue weighted by molar-refractivity contribution is 0.260. The SMILES string of the molecule is CN(C)CCOc1cc(F)cc(-c2ccnc3[nH]c(-c4n[nH]c5ccc(-c6cncc(N)c6)cc45)cc23)c1. The Hall–Kier alpha value is -4.76. The van der Waals surface area contributed by atoms with Crippen molar-refractivity contribution in [1.82, 2.24) is 30.0 Å². The van der Waals surface area contributed by atoms with Gasteiger partial charge in [-0.15, -0.1) is 0 Å². The smallest absolute Gasteiger partial charge is 0.138 e. The van der Waals surface area contributed by atoms with Gasteiger partial charge < -0.3 is 20.4 Å². The number of likely N-dealkylation sites (N-methyl/N-ethyl adjacent to an activating group) is 1. The highest BCUT2D eigenvalue weighted by Crippen LogP contribution is 2.36. The molecule has 4 aromatic heterocycles. The number of rotatable bonds is 7. The van der Waals surface area contributed by atoms with Crippen molar-refractivity contribution in [1.29, 1.82) is 0 Å². The summed E-state index contributed by atoms with van der Waals surface area (Å²) in [5, 5.41) is 9.50.